The molecule has 0 saturated heterocycles. The molecule has 3 N–H and O–H groups in total. The van der Waals surface area contributed by atoms with Crippen LogP contribution in [0.5, 0.6) is 0 Å². The fraction of sp³-hybridized carbons (Fsp3) is 1.00. The molecule has 0 aromatic rings. The van der Waals surface area contributed by atoms with Crippen LogP contribution in [0.1, 0.15) is 59.8 Å². The average Bonchev–Trinajstić information content (AvgIpc) is 2.27. The lowest BCUT2D eigenvalue weighted by atomic mass is 9.50. The summed E-state index contributed by atoms with van der Waals surface area (Å²) in [5.74, 6) is 0.173. The molecule has 0 aromatic heterocycles. The quantitative estimate of drug-likeness (QED) is 0.673. The van der Waals surface area contributed by atoms with E-state index in [0.717, 1.165) is 12.8 Å². The molecular formula is C15H28O3. The molecule has 3 nitrogen and oxygen atoms in total. The van der Waals surface area contributed by atoms with Gasteiger partial charge in [0.1, 0.15) is 0 Å². The second kappa shape index (κ2) is 4.19. The molecule has 5 atom stereocenters. The Labute approximate surface area is 110 Å². The smallest absolute Gasteiger partial charge is 0.0674 e. The minimum Gasteiger partial charge on any atom is -0.393 e. The van der Waals surface area contributed by atoms with Crippen molar-refractivity contribution in [3.05, 3.63) is 0 Å². The van der Waals surface area contributed by atoms with Crippen molar-refractivity contribution >= 4 is 0 Å². The lowest BCUT2D eigenvalue weighted by Crippen LogP contribution is -2.61. The van der Waals surface area contributed by atoms with Gasteiger partial charge in [-0.2, -0.15) is 0 Å². The summed E-state index contributed by atoms with van der Waals surface area (Å²) >= 11 is 0. The van der Waals surface area contributed by atoms with Crippen molar-refractivity contribution in [3.63, 3.8) is 0 Å². The van der Waals surface area contributed by atoms with Gasteiger partial charge in [0.15, 0.2) is 0 Å². The van der Waals surface area contributed by atoms with Gasteiger partial charge in [0, 0.05) is 0 Å². The maximum Gasteiger partial charge on any atom is 0.0674 e. The molecule has 18 heavy (non-hydrogen) atoms. The highest BCUT2D eigenvalue weighted by Crippen LogP contribution is 2.57. The van der Waals surface area contributed by atoms with Crippen LogP contribution in [-0.2, 0) is 0 Å². The van der Waals surface area contributed by atoms with E-state index in [-0.39, 0.29) is 23.4 Å². The first-order chi connectivity index (χ1) is 8.12. The predicted molar refractivity (Wildman–Crippen MR) is 71.1 cm³/mol. The molecule has 0 radical (unpaired) electrons. The van der Waals surface area contributed by atoms with Gasteiger partial charge in [0.25, 0.3) is 0 Å². The molecule has 0 aromatic carbocycles. The minimum absolute atomic E-state index is 0.0186. The van der Waals surface area contributed by atoms with Gasteiger partial charge in [0.05, 0.1) is 17.3 Å². The van der Waals surface area contributed by atoms with Gasteiger partial charge in [-0.05, 0) is 56.3 Å². The molecule has 0 spiro atoms. The first-order valence-corrected chi connectivity index (χ1v) is 7.25. The highest BCUT2D eigenvalue weighted by Gasteiger charge is 2.58. The SMILES string of the molecule is CC(C)[C@]1(O)CC[C@]2(C)[C@@H](C1)[C@](C)(O)CC[C@@H]2O. The molecule has 106 valence electrons. The third kappa shape index (κ3) is 2.00. The predicted octanol–water partition coefficient (Wildman–Crippen LogP) is 2.09. The van der Waals surface area contributed by atoms with Gasteiger partial charge in [0.2, 0.25) is 0 Å². The highest BCUT2D eigenvalue weighted by molar-refractivity contribution is 5.08. The Bertz CT molecular complexity index is 326. The summed E-state index contributed by atoms with van der Waals surface area (Å²) in [5, 5.41) is 31.7. The van der Waals surface area contributed by atoms with Gasteiger partial charge in [-0.1, -0.05) is 20.8 Å². The van der Waals surface area contributed by atoms with Gasteiger partial charge in [-0.15, -0.1) is 0 Å². The molecule has 0 amide bonds. The molecule has 2 rings (SSSR count). The summed E-state index contributed by atoms with van der Waals surface area (Å²) in [7, 11) is 0. The molecule has 2 aliphatic carbocycles. The van der Waals surface area contributed by atoms with Crippen molar-refractivity contribution in [2.75, 3.05) is 0 Å². The van der Waals surface area contributed by atoms with Crippen LogP contribution < -0.4 is 0 Å². The molecule has 2 saturated carbocycles. The second-order valence-corrected chi connectivity index (χ2v) is 7.43. The van der Waals surface area contributed by atoms with E-state index in [9.17, 15) is 15.3 Å². The molecule has 3 heteroatoms. The van der Waals surface area contributed by atoms with Crippen molar-refractivity contribution in [1.82, 2.24) is 0 Å². The molecular weight excluding hydrogens is 228 g/mol. The standard InChI is InChI=1S/C15H28O3/c1-10(2)15(18)8-7-13(3)11(9-15)14(4,17)6-5-12(13)16/h10-12,16-18H,5-9H2,1-4H3/t11-,12+,13-,14-,15+/m1/s1. The van der Waals surface area contributed by atoms with Gasteiger partial charge >= 0.3 is 0 Å². The topological polar surface area (TPSA) is 60.7 Å². The summed E-state index contributed by atoms with van der Waals surface area (Å²) in [6.07, 6.45) is 3.07. The Morgan fingerprint density at radius 1 is 1.06 bits per heavy atom. The summed E-state index contributed by atoms with van der Waals surface area (Å²) < 4.78 is 0. The number of aliphatic hydroxyl groups excluding tert-OH is 1. The first kappa shape index (κ1) is 14.3. The van der Waals surface area contributed by atoms with Gasteiger partial charge in [-0.25, -0.2) is 0 Å². The number of hydrogen-bond acceptors (Lipinski definition) is 3. The summed E-state index contributed by atoms with van der Waals surface area (Å²) in [5.41, 5.74) is -1.70. The van der Waals surface area contributed by atoms with Crippen LogP contribution in [0.4, 0.5) is 0 Å². The highest BCUT2D eigenvalue weighted by atomic mass is 16.3. The maximum atomic E-state index is 10.7. The van der Waals surface area contributed by atoms with Gasteiger partial charge < -0.3 is 15.3 Å². The molecule has 0 heterocycles. The van der Waals surface area contributed by atoms with Crippen LogP contribution in [0, 0.1) is 17.3 Å². The largest absolute Gasteiger partial charge is 0.393 e. The monoisotopic (exact) mass is 256 g/mol. The molecule has 2 fully saturated rings. The molecule has 0 aliphatic heterocycles. The number of fused-ring (bicyclic) bond motifs is 1. The van der Waals surface area contributed by atoms with Crippen LogP contribution in [-0.4, -0.2) is 32.6 Å². The van der Waals surface area contributed by atoms with Crippen LogP contribution in [0.3, 0.4) is 0 Å². The van der Waals surface area contributed by atoms with E-state index in [2.05, 4.69) is 6.92 Å². The van der Waals surface area contributed by atoms with Crippen LogP contribution in [0.2, 0.25) is 0 Å². The van der Waals surface area contributed by atoms with E-state index in [4.69, 9.17) is 0 Å². The average molecular weight is 256 g/mol. The second-order valence-electron chi connectivity index (χ2n) is 7.43. The zero-order chi connectivity index (χ0) is 13.8. The number of aliphatic hydroxyl groups is 3. The fourth-order valence-corrected chi connectivity index (χ4v) is 4.14. The van der Waals surface area contributed by atoms with E-state index in [1.165, 1.54) is 0 Å². The van der Waals surface area contributed by atoms with Crippen molar-refractivity contribution in [2.24, 2.45) is 17.3 Å². The first-order valence-electron chi connectivity index (χ1n) is 7.25. The van der Waals surface area contributed by atoms with Crippen molar-refractivity contribution < 1.29 is 15.3 Å². The Morgan fingerprint density at radius 3 is 2.22 bits per heavy atom. The zero-order valence-electron chi connectivity index (χ0n) is 12.1. The van der Waals surface area contributed by atoms with Crippen molar-refractivity contribution in [2.45, 2.75) is 77.1 Å². The lowest BCUT2D eigenvalue weighted by Gasteiger charge is -2.58. The fourth-order valence-electron chi connectivity index (χ4n) is 4.14. The summed E-state index contributed by atoms with van der Waals surface area (Å²) in [6.45, 7) is 8.02. The Kier molecular flexibility index (Phi) is 3.33. The van der Waals surface area contributed by atoms with E-state index in [1.54, 1.807) is 0 Å². The van der Waals surface area contributed by atoms with Crippen molar-refractivity contribution in [3.8, 4) is 0 Å². The van der Waals surface area contributed by atoms with Crippen LogP contribution >= 0.6 is 0 Å². The lowest BCUT2D eigenvalue weighted by molar-refractivity contribution is -0.208. The zero-order valence-corrected chi connectivity index (χ0v) is 12.1. The van der Waals surface area contributed by atoms with Gasteiger partial charge in [-0.3, -0.25) is 0 Å². The summed E-state index contributed by atoms with van der Waals surface area (Å²) in [6, 6.07) is 0. The van der Waals surface area contributed by atoms with Crippen LogP contribution in [0.25, 0.3) is 0 Å². The molecule has 2 aliphatic rings. The van der Waals surface area contributed by atoms with Crippen molar-refractivity contribution in [1.29, 1.82) is 0 Å². The van der Waals surface area contributed by atoms with E-state index < -0.39 is 11.2 Å². The maximum absolute atomic E-state index is 10.7. The van der Waals surface area contributed by atoms with E-state index >= 15 is 0 Å². The molecule has 0 bridgehead atoms. The third-order valence-electron chi connectivity index (χ3n) is 5.96. The third-order valence-corrected chi connectivity index (χ3v) is 5.96. The Morgan fingerprint density at radius 2 is 1.67 bits per heavy atom. The Balaban J connectivity index is 2.32. The number of hydrogen-bond donors (Lipinski definition) is 3. The van der Waals surface area contributed by atoms with E-state index in [0.29, 0.717) is 19.3 Å². The van der Waals surface area contributed by atoms with E-state index in [1.807, 2.05) is 20.8 Å². The Hall–Kier alpha value is -0.120. The number of rotatable bonds is 1. The van der Waals surface area contributed by atoms with Crippen LogP contribution in [0.15, 0.2) is 0 Å². The minimum atomic E-state index is -0.767. The normalized spacial score (nSPS) is 53.3. The summed E-state index contributed by atoms with van der Waals surface area (Å²) in [4.78, 5) is 0. The molecule has 0 unspecified atom stereocenters.